The van der Waals surface area contributed by atoms with E-state index in [2.05, 4.69) is 4.90 Å². The van der Waals surface area contributed by atoms with Crippen LogP contribution >= 0.6 is 0 Å². The van der Waals surface area contributed by atoms with E-state index in [1.807, 2.05) is 24.3 Å². The maximum absolute atomic E-state index is 13.0. The lowest BCUT2D eigenvalue weighted by molar-refractivity contribution is 0.0625. The first kappa shape index (κ1) is 21.1. The first-order valence-corrected chi connectivity index (χ1v) is 10.7. The monoisotopic (exact) mass is 419 g/mol. The van der Waals surface area contributed by atoms with E-state index in [0.717, 1.165) is 17.9 Å². The normalized spacial score (nSPS) is 15.2. The lowest BCUT2D eigenvalue weighted by atomic mass is 10.1. The topological polar surface area (TPSA) is 102 Å². The lowest BCUT2D eigenvalue weighted by Gasteiger charge is -2.35. The molecule has 0 aliphatic carbocycles. The van der Waals surface area contributed by atoms with E-state index in [-0.39, 0.29) is 16.4 Å². The van der Waals surface area contributed by atoms with Gasteiger partial charge in [-0.1, -0.05) is 12.1 Å². The van der Waals surface area contributed by atoms with Gasteiger partial charge in [0.05, 0.1) is 24.7 Å². The highest BCUT2D eigenvalue weighted by molar-refractivity contribution is 7.89. The van der Waals surface area contributed by atoms with Gasteiger partial charge >= 0.3 is 0 Å². The Bertz CT molecular complexity index is 985. The van der Waals surface area contributed by atoms with Crippen molar-refractivity contribution < 1.29 is 22.7 Å². The second-order valence-corrected chi connectivity index (χ2v) is 8.39. The maximum atomic E-state index is 13.0. The summed E-state index contributed by atoms with van der Waals surface area (Å²) in [7, 11) is -0.828. The molecular weight excluding hydrogens is 394 g/mol. The summed E-state index contributed by atoms with van der Waals surface area (Å²) in [6.45, 7) is 3.25. The van der Waals surface area contributed by atoms with Gasteiger partial charge in [0.2, 0.25) is 10.0 Å². The number of hydrogen-bond acceptors (Lipinski definition) is 6. The minimum atomic E-state index is -3.91. The van der Waals surface area contributed by atoms with Crippen LogP contribution in [-0.4, -0.2) is 64.5 Å². The van der Waals surface area contributed by atoms with Gasteiger partial charge in [0.25, 0.3) is 5.91 Å². The number of hydrogen-bond donors (Lipinski definition) is 1. The second kappa shape index (κ2) is 8.81. The molecule has 0 atom stereocenters. The van der Waals surface area contributed by atoms with Crippen molar-refractivity contribution in [1.82, 2.24) is 9.80 Å². The molecule has 3 rings (SSSR count). The van der Waals surface area contributed by atoms with Gasteiger partial charge in [0, 0.05) is 32.7 Å². The van der Waals surface area contributed by atoms with Gasteiger partial charge < -0.3 is 14.4 Å². The van der Waals surface area contributed by atoms with Crippen LogP contribution in [0.4, 0.5) is 0 Å². The van der Waals surface area contributed by atoms with Crippen LogP contribution in [0.15, 0.2) is 47.4 Å². The summed E-state index contributed by atoms with van der Waals surface area (Å²) in [6, 6.07) is 12.0. The minimum Gasteiger partial charge on any atom is -0.497 e. The van der Waals surface area contributed by atoms with Crippen LogP contribution in [0.1, 0.15) is 15.9 Å². The predicted octanol–water partition coefficient (Wildman–Crippen LogP) is 1.31. The van der Waals surface area contributed by atoms with E-state index < -0.39 is 10.0 Å². The van der Waals surface area contributed by atoms with Crippen molar-refractivity contribution in [2.45, 2.75) is 11.4 Å². The summed E-state index contributed by atoms with van der Waals surface area (Å²) in [5.74, 6) is 0.868. The number of amides is 1. The number of carbonyl (C=O) groups excluding carboxylic acids is 1. The fourth-order valence-electron chi connectivity index (χ4n) is 3.34. The van der Waals surface area contributed by atoms with E-state index in [9.17, 15) is 13.2 Å². The zero-order chi connectivity index (χ0) is 21.0. The molecule has 0 radical (unpaired) electrons. The van der Waals surface area contributed by atoms with Crippen molar-refractivity contribution in [3.8, 4) is 11.5 Å². The SMILES string of the molecule is COc1cccc(CN2CCN(C(=O)c3cc(S(N)(=O)=O)ccc3OC)CC2)c1. The summed E-state index contributed by atoms with van der Waals surface area (Å²) in [5, 5.41) is 5.20. The third kappa shape index (κ3) is 5.06. The second-order valence-electron chi connectivity index (χ2n) is 6.83. The quantitative estimate of drug-likeness (QED) is 0.757. The van der Waals surface area contributed by atoms with Crippen molar-refractivity contribution in [1.29, 1.82) is 0 Å². The fraction of sp³-hybridized carbons (Fsp3) is 0.350. The molecule has 1 saturated heterocycles. The number of sulfonamides is 1. The number of nitrogens with two attached hydrogens (primary N) is 1. The first-order chi connectivity index (χ1) is 13.8. The molecule has 1 heterocycles. The van der Waals surface area contributed by atoms with Crippen molar-refractivity contribution in [2.24, 2.45) is 5.14 Å². The van der Waals surface area contributed by atoms with Crippen LogP contribution in [0.5, 0.6) is 11.5 Å². The number of rotatable bonds is 6. The average molecular weight is 420 g/mol. The molecule has 1 fully saturated rings. The third-order valence-corrected chi connectivity index (χ3v) is 5.84. The Kier molecular flexibility index (Phi) is 6.41. The molecule has 0 spiro atoms. The zero-order valence-corrected chi connectivity index (χ0v) is 17.3. The van der Waals surface area contributed by atoms with Gasteiger partial charge in [0.15, 0.2) is 0 Å². The molecule has 1 amide bonds. The van der Waals surface area contributed by atoms with Crippen molar-refractivity contribution in [3.63, 3.8) is 0 Å². The number of methoxy groups -OCH3 is 2. The number of piperazine rings is 1. The molecule has 1 aliphatic heterocycles. The van der Waals surface area contributed by atoms with Gasteiger partial charge in [-0.25, -0.2) is 13.6 Å². The summed E-state index contributed by atoms with van der Waals surface area (Å²) >= 11 is 0. The van der Waals surface area contributed by atoms with E-state index in [1.54, 1.807) is 12.0 Å². The van der Waals surface area contributed by atoms with Gasteiger partial charge in [-0.3, -0.25) is 9.69 Å². The molecule has 0 aromatic heterocycles. The molecule has 1 aliphatic rings. The smallest absolute Gasteiger partial charge is 0.257 e. The zero-order valence-electron chi connectivity index (χ0n) is 16.5. The van der Waals surface area contributed by atoms with Crippen LogP contribution in [0.25, 0.3) is 0 Å². The van der Waals surface area contributed by atoms with Crippen LogP contribution in [0.2, 0.25) is 0 Å². The van der Waals surface area contributed by atoms with Crippen molar-refractivity contribution in [2.75, 3.05) is 40.4 Å². The Balaban J connectivity index is 1.68. The molecule has 29 heavy (non-hydrogen) atoms. The Morgan fingerprint density at radius 3 is 2.38 bits per heavy atom. The number of carbonyl (C=O) groups is 1. The number of primary sulfonamides is 1. The lowest BCUT2D eigenvalue weighted by Crippen LogP contribution is -2.48. The first-order valence-electron chi connectivity index (χ1n) is 9.17. The Morgan fingerprint density at radius 1 is 1.03 bits per heavy atom. The summed E-state index contributed by atoms with van der Waals surface area (Å²) in [5.41, 5.74) is 1.34. The summed E-state index contributed by atoms with van der Waals surface area (Å²) in [6.07, 6.45) is 0. The Morgan fingerprint density at radius 2 is 1.76 bits per heavy atom. The minimum absolute atomic E-state index is 0.113. The summed E-state index contributed by atoms with van der Waals surface area (Å²) in [4.78, 5) is 16.8. The Hall–Kier alpha value is -2.62. The molecule has 156 valence electrons. The Labute approximate surface area is 170 Å². The van der Waals surface area contributed by atoms with E-state index in [4.69, 9.17) is 14.6 Å². The van der Waals surface area contributed by atoms with Crippen LogP contribution < -0.4 is 14.6 Å². The average Bonchev–Trinajstić information content (AvgIpc) is 2.72. The van der Waals surface area contributed by atoms with Crippen LogP contribution in [-0.2, 0) is 16.6 Å². The molecular formula is C20H25N3O5S. The van der Waals surface area contributed by atoms with Crippen molar-refractivity contribution >= 4 is 15.9 Å². The highest BCUT2D eigenvalue weighted by atomic mass is 32.2. The molecule has 0 saturated carbocycles. The van der Waals surface area contributed by atoms with E-state index >= 15 is 0 Å². The van der Waals surface area contributed by atoms with Gasteiger partial charge in [-0.15, -0.1) is 0 Å². The highest BCUT2D eigenvalue weighted by Gasteiger charge is 2.25. The molecule has 0 unspecified atom stereocenters. The standard InChI is InChI=1S/C20H25N3O5S/c1-27-16-5-3-4-15(12-16)14-22-8-10-23(11-9-22)20(24)18-13-17(29(21,25)26)6-7-19(18)28-2/h3-7,12-13H,8-11,14H2,1-2H3,(H2,21,25,26). The maximum Gasteiger partial charge on any atom is 0.257 e. The third-order valence-electron chi connectivity index (χ3n) is 4.93. The number of benzene rings is 2. The van der Waals surface area contributed by atoms with Crippen molar-refractivity contribution in [3.05, 3.63) is 53.6 Å². The molecule has 0 bridgehead atoms. The number of nitrogens with zero attached hydrogens (tertiary/aromatic N) is 2. The van der Waals surface area contributed by atoms with Gasteiger partial charge in [0.1, 0.15) is 11.5 Å². The van der Waals surface area contributed by atoms with Crippen LogP contribution in [0, 0.1) is 0 Å². The molecule has 2 N–H and O–H groups in total. The number of ether oxygens (including phenoxy) is 2. The highest BCUT2D eigenvalue weighted by Crippen LogP contribution is 2.24. The largest absolute Gasteiger partial charge is 0.497 e. The van der Waals surface area contributed by atoms with E-state index in [1.165, 1.54) is 25.3 Å². The fourth-order valence-corrected chi connectivity index (χ4v) is 3.88. The summed E-state index contributed by atoms with van der Waals surface area (Å²) < 4.78 is 33.8. The van der Waals surface area contributed by atoms with Gasteiger partial charge in [-0.2, -0.15) is 0 Å². The molecule has 2 aromatic rings. The van der Waals surface area contributed by atoms with E-state index in [0.29, 0.717) is 31.9 Å². The predicted molar refractivity (Wildman–Crippen MR) is 109 cm³/mol. The van der Waals surface area contributed by atoms with Gasteiger partial charge in [-0.05, 0) is 35.9 Å². The molecule has 2 aromatic carbocycles. The molecule has 8 nitrogen and oxygen atoms in total. The van der Waals surface area contributed by atoms with Crippen LogP contribution in [0.3, 0.4) is 0 Å². The molecule has 9 heteroatoms.